The fourth-order valence-corrected chi connectivity index (χ4v) is 3.13. The highest BCUT2D eigenvalue weighted by molar-refractivity contribution is 7.10. The molecule has 1 aliphatic heterocycles. The zero-order chi connectivity index (χ0) is 14.5. The molecular weight excluding hydrogens is 276 g/mol. The zero-order valence-electron chi connectivity index (χ0n) is 11.0. The van der Waals surface area contributed by atoms with E-state index in [1.807, 2.05) is 11.4 Å². The van der Waals surface area contributed by atoms with Crippen LogP contribution in [0.25, 0.3) is 0 Å². The maximum atomic E-state index is 12.2. The average Bonchev–Trinajstić information content (AvgIpc) is 2.85. The number of aliphatic carboxylic acids is 1. The molecule has 0 fully saturated rings. The summed E-state index contributed by atoms with van der Waals surface area (Å²) in [4.78, 5) is 27.5. The molecule has 0 saturated heterocycles. The molecule has 20 heavy (non-hydrogen) atoms. The number of rotatable bonds is 5. The molecule has 0 radical (unpaired) electrons. The Morgan fingerprint density at radius 2 is 2.30 bits per heavy atom. The van der Waals surface area contributed by atoms with Crippen molar-refractivity contribution in [2.75, 3.05) is 26.2 Å². The van der Waals surface area contributed by atoms with Gasteiger partial charge in [-0.1, -0.05) is 5.92 Å². The molecule has 0 aliphatic carbocycles. The third-order valence-electron chi connectivity index (χ3n) is 3.19. The molecule has 0 saturated carbocycles. The summed E-state index contributed by atoms with van der Waals surface area (Å²) in [5.74, 6) is 1.34. The minimum Gasteiger partial charge on any atom is -0.480 e. The van der Waals surface area contributed by atoms with Gasteiger partial charge in [0.2, 0.25) is 5.91 Å². The number of hydrogen-bond acceptors (Lipinski definition) is 4. The Bertz CT molecular complexity index is 547. The van der Waals surface area contributed by atoms with Crippen LogP contribution in [0.5, 0.6) is 0 Å². The number of carboxylic acid groups (broad SMARTS) is 1. The Hall–Kier alpha value is -1.84. The van der Waals surface area contributed by atoms with Gasteiger partial charge in [0.15, 0.2) is 0 Å². The monoisotopic (exact) mass is 292 g/mol. The molecule has 1 aromatic heterocycles. The first-order valence-corrected chi connectivity index (χ1v) is 7.18. The summed E-state index contributed by atoms with van der Waals surface area (Å²) in [6, 6.07) is 2.04. The summed E-state index contributed by atoms with van der Waals surface area (Å²) in [6.45, 7) is 1.29. The van der Waals surface area contributed by atoms with E-state index in [4.69, 9.17) is 11.5 Å². The highest BCUT2D eigenvalue weighted by atomic mass is 32.1. The predicted molar refractivity (Wildman–Crippen MR) is 76.3 cm³/mol. The molecule has 5 nitrogen and oxygen atoms in total. The Labute approximate surface area is 121 Å². The van der Waals surface area contributed by atoms with Crippen LogP contribution in [0.4, 0.5) is 0 Å². The summed E-state index contributed by atoms with van der Waals surface area (Å²) < 4.78 is 0. The van der Waals surface area contributed by atoms with Crippen molar-refractivity contribution in [2.24, 2.45) is 0 Å². The molecule has 2 rings (SSSR count). The molecule has 0 bridgehead atoms. The van der Waals surface area contributed by atoms with Gasteiger partial charge in [0.1, 0.15) is 0 Å². The topological polar surface area (TPSA) is 60.9 Å². The highest BCUT2D eigenvalue weighted by Gasteiger charge is 2.23. The largest absolute Gasteiger partial charge is 0.480 e. The Balaban J connectivity index is 1.94. The summed E-state index contributed by atoms with van der Waals surface area (Å²) in [6.07, 6.45) is 6.07. The van der Waals surface area contributed by atoms with Crippen LogP contribution in [-0.4, -0.2) is 53.0 Å². The maximum absolute atomic E-state index is 12.2. The van der Waals surface area contributed by atoms with Gasteiger partial charge in [0.05, 0.1) is 19.6 Å². The fourth-order valence-electron chi connectivity index (χ4n) is 2.24. The molecule has 2 heterocycles. The lowest BCUT2D eigenvalue weighted by atomic mass is 10.1. The van der Waals surface area contributed by atoms with Gasteiger partial charge in [-0.2, -0.15) is 0 Å². The molecular formula is C14H16N2O3S. The molecule has 0 aromatic carbocycles. The van der Waals surface area contributed by atoms with Gasteiger partial charge in [0, 0.05) is 18.0 Å². The summed E-state index contributed by atoms with van der Waals surface area (Å²) >= 11 is 1.72. The van der Waals surface area contributed by atoms with E-state index in [-0.39, 0.29) is 25.5 Å². The Kier molecular flexibility index (Phi) is 4.77. The first-order valence-electron chi connectivity index (χ1n) is 6.30. The smallest absolute Gasteiger partial charge is 0.317 e. The number of terminal acetylenes is 1. The highest BCUT2D eigenvalue weighted by Crippen LogP contribution is 2.23. The average molecular weight is 292 g/mol. The van der Waals surface area contributed by atoms with E-state index in [2.05, 4.69) is 5.92 Å². The van der Waals surface area contributed by atoms with Crippen molar-refractivity contribution in [3.63, 3.8) is 0 Å². The Morgan fingerprint density at radius 3 is 3.00 bits per heavy atom. The van der Waals surface area contributed by atoms with Crippen LogP contribution in [0.3, 0.4) is 0 Å². The van der Waals surface area contributed by atoms with Gasteiger partial charge < -0.3 is 10.0 Å². The van der Waals surface area contributed by atoms with E-state index in [0.29, 0.717) is 13.1 Å². The second-order valence-corrected chi connectivity index (χ2v) is 5.68. The molecule has 0 unspecified atom stereocenters. The third kappa shape index (κ3) is 3.59. The summed E-state index contributed by atoms with van der Waals surface area (Å²) in [5, 5.41) is 10.8. The van der Waals surface area contributed by atoms with Crippen LogP contribution in [0, 0.1) is 12.3 Å². The van der Waals surface area contributed by atoms with Crippen LogP contribution < -0.4 is 0 Å². The molecule has 0 atom stereocenters. The summed E-state index contributed by atoms with van der Waals surface area (Å²) in [7, 11) is 0. The molecule has 1 N–H and O–H groups in total. The second-order valence-electron chi connectivity index (χ2n) is 4.68. The van der Waals surface area contributed by atoms with Crippen molar-refractivity contribution < 1.29 is 14.7 Å². The van der Waals surface area contributed by atoms with E-state index >= 15 is 0 Å². The number of amides is 1. The van der Waals surface area contributed by atoms with Crippen molar-refractivity contribution in [1.82, 2.24) is 9.80 Å². The predicted octanol–water partition coefficient (Wildman–Crippen LogP) is 0.653. The first-order chi connectivity index (χ1) is 9.60. The molecule has 1 aliphatic rings. The van der Waals surface area contributed by atoms with Gasteiger partial charge in [-0.25, -0.2) is 0 Å². The normalized spacial score (nSPS) is 13.9. The number of hydrogen-bond donors (Lipinski definition) is 1. The number of carbonyl (C=O) groups is 2. The van der Waals surface area contributed by atoms with E-state index in [1.165, 1.54) is 15.3 Å². The molecule has 6 heteroatoms. The molecule has 0 spiro atoms. The van der Waals surface area contributed by atoms with Crippen LogP contribution in [0.1, 0.15) is 10.4 Å². The summed E-state index contributed by atoms with van der Waals surface area (Å²) in [5.41, 5.74) is 1.19. The Morgan fingerprint density at radius 1 is 1.50 bits per heavy atom. The van der Waals surface area contributed by atoms with Crippen LogP contribution >= 0.6 is 11.3 Å². The lowest BCUT2D eigenvalue weighted by molar-refractivity contribution is -0.139. The van der Waals surface area contributed by atoms with Gasteiger partial charge in [-0.3, -0.25) is 14.5 Å². The SMILES string of the molecule is C#CCN(CC(=O)O)CC(=O)N1CCc2sccc2C1. The third-order valence-corrected chi connectivity index (χ3v) is 4.22. The number of nitrogens with zero attached hydrogens (tertiary/aromatic N) is 2. The van der Waals surface area contributed by atoms with Crippen molar-refractivity contribution in [3.8, 4) is 12.3 Å². The van der Waals surface area contributed by atoms with Crippen molar-refractivity contribution in [2.45, 2.75) is 13.0 Å². The fraction of sp³-hybridized carbons (Fsp3) is 0.429. The molecule has 1 amide bonds. The van der Waals surface area contributed by atoms with Gasteiger partial charge >= 0.3 is 5.97 Å². The number of carboxylic acids is 1. The first kappa shape index (κ1) is 14.6. The number of fused-ring (bicyclic) bond motifs is 1. The lowest BCUT2D eigenvalue weighted by Gasteiger charge is -2.29. The van der Waals surface area contributed by atoms with Crippen molar-refractivity contribution >= 4 is 23.2 Å². The van der Waals surface area contributed by atoms with Crippen molar-refractivity contribution in [1.29, 1.82) is 0 Å². The van der Waals surface area contributed by atoms with Crippen LogP contribution in [-0.2, 0) is 22.6 Å². The standard InChI is InChI=1S/C14H16N2O3S/c1-2-5-15(10-14(18)19)9-13(17)16-6-3-12-11(8-16)4-7-20-12/h1,4,7H,3,5-6,8-10H2,(H,18,19). The van der Waals surface area contributed by atoms with Crippen molar-refractivity contribution in [3.05, 3.63) is 21.9 Å². The van der Waals surface area contributed by atoms with E-state index in [1.54, 1.807) is 16.2 Å². The lowest BCUT2D eigenvalue weighted by Crippen LogP contribution is -2.43. The number of carbonyl (C=O) groups excluding carboxylic acids is 1. The van der Waals surface area contributed by atoms with Crippen LogP contribution in [0.15, 0.2) is 11.4 Å². The van der Waals surface area contributed by atoms with E-state index < -0.39 is 5.97 Å². The van der Waals surface area contributed by atoms with E-state index in [0.717, 1.165) is 6.42 Å². The minimum absolute atomic E-state index is 0.0516. The maximum Gasteiger partial charge on any atom is 0.317 e. The zero-order valence-corrected chi connectivity index (χ0v) is 11.9. The minimum atomic E-state index is -0.980. The van der Waals surface area contributed by atoms with Gasteiger partial charge in [-0.15, -0.1) is 17.8 Å². The quantitative estimate of drug-likeness (QED) is 0.810. The van der Waals surface area contributed by atoms with Gasteiger partial charge in [0.25, 0.3) is 0 Å². The molecule has 106 valence electrons. The molecule has 1 aromatic rings. The van der Waals surface area contributed by atoms with Gasteiger partial charge in [-0.05, 0) is 23.4 Å². The van der Waals surface area contributed by atoms with E-state index in [9.17, 15) is 9.59 Å². The van der Waals surface area contributed by atoms with Crippen LogP contribution in [0.2, 0.25) is 0 Å². The second kappa shape index (κ2) is 6.55. The number of thiophene rings is 1.